The molecule has 0 heterocycles. The fraction of sp³-hybridized carbons (Fsp3) is 0.333. The van der Waals surface area contributed by atoms with Crippen molar-refractivity contribution in [1.82, 2.24) is 0 Å². The molecular weight excluding hydrogens is 264 g/mol. The number of benzene rings is 1. The first-order valence-corrected chi connectivity index (χ1v) is 7.73. The van der Waals surface area contributed by atoms with Crippen molar-refractivity contribution >= 4 is 34.8 Å². The average molecular weight is 272 g/mol. The third-order valence-corrected chi connectivity index (χ3v) is 4.03. The van der Waals surface area contributed by atoms with Crippen LogP contribution in [0.25, 0.3) is 0 Å². The fourth-order valence-corrected chi connectivity index (χ4v) is 2.94. The summed E-state index contributed by atoms with van der Waals surface area (Å²) in [5.74, 6) is 0. The summed E-state index contributed by atoms with van der Waals surface area (Å²) >= 11 is 11.5. The predicted octanol–water partition coefficient (Wildman–Crippen LogP) is 3.01. The van der Waals surface area contributed by atoms with Crippen LogP contribution in [-0.4, -0.2) is 20.0 Å². The van der Waals surface area contributed by atoms with Crippen molar-refractivity contribution in [2.75, 3.05) is 0 Å². The van der Waals surface area contributed by atoms with Crippen LogP contribution in [0, 0.1) is 0 Å². The fourth-order valence-electron chi connectivity index (χ4n) is 1.18. The van der Waals surface area contributed by atoms with Gasteiger partial charge in [0.25, 0.3) is 6.43 Å². The molecule has 1 aromatic carbocycles. The molecule has 1 atom stereocenters. The molecule has 0 spiro atoms. The predicted molar refractivity (Wildman–Crippen MR) is 58.1 cm³/mol. The van der Waals surface area contributed by atoms with Gasteiger partial charge in [-0.25, -0.2) is 13.2 Å². The molecule has 0 fully saturated rings. The number of hydrogen-bond donors (Lipinski definition) is 0. The van der Waals surface area contributed by atoms with E-state index in [1.807, 2.05) is 0 Å². The average Bonchev–Trinajstić information content (AvgIpc) is 2.18. The van der Waals surface area contributed by atoms with E-state index >= 15 is 0 Å². The van der Waals surface area contributed by atoms with Crippen LogP contribution in [-0.2, 0) is 6.42 Å². The summed E-state index contributed by atoms with van der Waals surface area (Å²) in [7, 11) is -1.78. The zero-order valence-electron chi connectivity index (χ0n) is 7.56. The van der Waals surface area contributed by atoms with Crippen molar-refractivity contribution in [2.45, 2.75) is 19.0 Å². The number of halogens is 5. The maximum absolute atomic E-state index is 12.8. The van der Waals surface area contributed by atoms with E-state index in [0.717, 1.165) is 0 Å². The van der Waals surface area contributed by atoms with E-state index in [-0.39, 0.29) is 6.42 Å². The molecule has 1 radical (unpaired) electrons. The Labute approximate surface area is 97.0 Å². The van der Waals surface area contributed by atoms with Crippen LogP contribution in [0.2, 0.25) is 0 Å². The monoisotopic (exact) mass is 271 g/mol. The van der Waals surface area contributed by atoms with E-state index in [9.17, 15) is 13.2 Å². The standard InChI is InChI=1S/C9H8Cl2F3Si/c10-15(11)8-4-2-1-3-6(8)5-7(12)9(13)14/h1-4,7,9H,5H2. The van der Waals surface area contributed by atoms with Gasteiger partial charge >= 0.3 is 7.42 Å². The first kappa shape index (κ1) is 12.9. The molecule has 0 N–H and O–H groups in total. The quantitative estimate of drug-likeness (QED) is 0.584. The molecule has 6 heteroatoms. The van der Waals surface area contributed by atoms with Crippen LogP contribution in [0.1, 0.15) is 5.56 Å². The highest BCUT2D eigenvalue weighted by atomic mass is 35.7. The normalized spacial score (nSPS) is 13.5. The molecule has 83 valence electrons. The van der Waals surface area contributed by atoms with Gasteiger partial charge in [-0.15, -0.1) is 22.2 Å². The van der Waals surface area contributed by atoms with E-state index in [1.165, 1.54) is 0 Å². The van der Waals surface area contributed by atoms with Crippen molar-refractivity contribution in [2.24, 2.45) is 0 Å². The first-order chi connectivity index (χ1) is 7.02. The van der Waals surface area contributed by atoms with Crippen LogP contribution in [0.3, 0.4) is 0 Å². The molecule has 0 aliphatic carbocycles. The van der Waals surface area contributed by atoms with Crippen LogP contribution in [0.5, 0.6) is 0 Å². The molecule has 15 heavy (non-hydrogen) atoms. The van der Waals surface area contributed by atoms with Gasteiger partial charge in [-0.3, -0.25) is 0 Å². The molecule has 0 aliphatic rings. The smallest absolute Gasteiger partial charge is 0.241 e. The second kappa shape index (κ2) is 5.77. The highest BCUT2D eigenvalue weighted by Crippen LogP contribution is 2.13. The van der Waals surface area contributed by atoms with Crippen LogP contribution < -0.4 is 5.19 Å². The van der Waals surface area contributed by atoms with Gasteiger partial charge in [-0.1, -0.05) is 24.3 Å². The van der Waals surface area contributed by atoms with Gasteiger partial charge in [-0.2, -0.15) is 0 Å². The summed E-state index contributed by atoms with van der Waals surface area (Å²) in [5.41, 5.74) is 0.462. The number of alkyl halides is 3. The van der Waals surface area contributed by atoms with E-state index < -0.39 is 20.0 Å². The third kappa shape index (κ3) is 3.70. The van der Waals surface area contributed by atoms with Gasteiger partial charge in [-0.05, 0) is 10.8 Å². The second-order valence-corrected chi connectivity index (χ2v) is 6.88. The molecule has 1 aromatic rings. The molecule has 0 aromatic heterocycles. The Bertz CT molecular complexity index is 320. The zero-order valence-corrected chi connectivity index (χ0v) is 10.1. The molecule has 0 saturated heterocycles. The lowest BCUT2D eigenvalue weighted by atomic mass is 10.1. The highest BCUT2D eigenvalue weighted by molar-refractivity contribution is 7.39. The lowest BCUT2D eigenvalue weighted by molar-refractivity contribution is 0.0504. The highest BCUT2D eigenvalue weighted by Gasteiger charge is 2.22. The summed E-state index contributed by atoms with van der Waals surface area (Å²) in [6.07, 6.45) is -5.48. The Morgan fingerprint density at radius 3 is 2.27 bits per heavy atom. The van der Waals surface area contributed by atoms with Gasteiger partial charge in [0.1, 0.15) is 0 Å². The summed E-state index contributed by atoms with van der Waals surface area (Å²) in [6.45, 7) is 0. The molecule has 0 bridgehead atoms. The minimum Gasteiger partial charge on any atom is -0.241 e. The van der Waals surface area contributed by atoms with Gasteiger partial charge < -0.3 is 0 Å². The summed E-state index contributed by atoms with van der Waals surface area (Å²) in [5, 5.41) is 0.578. The molecule has 0 nitrogen and oxygen atoms in total. The van der Waals surface area contributed by atoms with E-state index in [2.05, 4.69) is 0 Å². The maximum Gasteiger partial charge on any atom is 0.307 e. The molecule has 1 unspecified atom stereocenters. The lowest BCUT2D eigenvalue weighted by Crippen LogP contribution is -2.26. The molecule has 0 amide bonds. The number of rotatable bonds is 4. The van der Waals surface area contributed by atoms with Gasteiger partial charge in [0.2, 0.25) is 0 Å². The van der Waals surface area contributed by atoms with Crippen LogP contribution in [0.4, 0.5) is 13.2 Å². The summed E-state index contributed by atoms with van der Waals surface area (Å²) in [6, 6.07) is 6.56. The Kier molecular flexibility index (Phi) is 4.95. The third-order valence-electron chi connectivity index (χ3n) is 1.91. The Balaban J connectivity index is 2.84. The van der Waals surface area contributed by atoms with Gasteiger partial charge in [0.15, 0.2) is 6.17 Å². The summed E-state index contributed by atoms with van der Waals surface area (Å²) < 4.78 is 36.9. The van der Waals surface area contributed by atoms with Gasteiger partial charge in [0, 0.05) is 6.42 Å². The second-order valence-electron chi connectivity index (χ2n) is 2.97. The SMILES string of the molecule is FC(F)C(F)Cc1ccccc1[Si](Cl)Cl. The van der Waals surface area contributed by atoms with Crippen molar-refractivity contribution < 1.29 is 13.2 Å². The van der Waals surface area contributed by atoms with E-state index in [0.29, 0.717) is 10.8 Å². The first-order valence-electron chi connectivity index (χ1n) is 4.21. The number of hydrogen-bond acceptors (Lipinski definition) is 0. The minimum absolute atomic E-state index is 0.346. The zero-order chi connectivity index (χ0) is 11.4. The van der Waals surface area contributed by atoms with Crippen molar-refractivity contribution in [1.29, 1.82) is 0 Å². The minimum atomic E-state index is -2.97. The topological polar surface area (TPSA) is 0 Å². The Morgan fingerprint density at radius 2 is 1.73 bits per heavy atom. The van der Waals surface area contributed by atoms with E-state index in [1.54, 1.807) is 24.3 Å². The summed E-state index contributed by atoms with van der Waals surface area (Å²) in [4.78, 5) is 0. The molecule has 1 rings (SSSR count). The van der Waals surface area contributed by atoms with Crippen molar-refractivity contribution in [3.63, 3.8) is 0 Å². The van der Waals surface area contributed by atoms with Gasteiger partial charge in [0.05, 0.1) is 0 Å². The molecular formula is C9H8Cl2F3Si. The van der Waals surface area contributed by atoms with Crippen LogP contribution in [0.15, 0.2) is 24.3 Å². The van der Waals surface area contributed by atoms with E-state index in [4.69, 9.17) is 22.2 Å². The van der Waals surface area contributed by atoms with Crippen LogP contribution >= 0.6 is 22.2 Å². The van der Waals surface area contributed by atoms with Crippen molar-refractivity contribution in [3.05, 3.63) is 29.8 Å². The van der Waals surface area contributed by atoms with Crippen molar-refractivity contribution in [3.8, 4) is 0 Å². The Morgan fingerprint density at radius 1 is 1.13 bits per heavy atom. The molecule has 0 aliphatic heterocycles. The maximum atomic E-state index is 12.8. The largest absolute Gasteiger partial charge is 0.307 e. The Hall–Kier alpha value is -0.193. The molecule has 0 saturated carbocycles. The lowest BCUT2D eigenvalue weighted by Gasteiger charge is -2.11.